The van der Waals surface area contributed by atoms with E-state index in [4.69, 9.17) is 4.42 Å². The van der Waals surface area contributed by atoms with E-state index in [9.17, 15) is 0 Å². The maximum absolute atomic E-state index is 6.84. The zero-order chi connectivity index (χ0) is 35.8. The zero-order valence-corrected chi connectivity index (χ0v) is 29.6. The van der Waals surface area contributed by atoms with Crippen molar-refractivity contribution in [2.45, 2.75) is 0 Å². The first kappa shape index (κ1) is 31.6. The molecular formula is C52H35NO. The molecule has 254 valence electrons. The monoisotopic (exact) mass is 689 g/mol. The van der Waals surface area contributed by atoms with E-state index in [-0.39, 0.29) is 0 Å². The Morgan fingerprint density at radius 1 is 0.315 bits per heavy atom. The van der Waals surface area contributed by atoms with E-state index in [1.807, 2.05) is 0 Å². The SMILES string of the molecule is c1ccc(-c2ccc(-c3ccccc3N(c3ccccc3)c3cc4c(oc5cccc(-c6ccccc6-c6ccccc6)c54)c4ccccc34)cc2)cc1. The van der Waals surface area contributed by atoms with Crippen molar-refractivity contribution in [2.75, 3.05) is 4.90 Å². The number of furan rings is 1. The zero-order valence-electron chi connectivity index (χ0n) is 29.6. The van der Waals surface area contributed by atoms with Gasteiger partial charge in [-0.2, -0.15) is 0 Å². The van der Waals surface area contributed by atoms with Gasteiger partial charge in [-0.3, -0.25) is 0 Å². The summed E-state index contributed by atoms with van der Waals surface area (Å²) in [5.41, 5.74) is 14.5. The maximum Gasteiger partial charge on any atom is 0.143 e. The van der Waals surface area contributed by atoms with Crippen molar-refractivity contribution in [1.82, 2.24) is 0 Å². The number of para-hydroxylation sites is 2. The second-order valence-electron chi connectivity index (χ2n) is 13.6. The Labute approximate surface area is 314 Å². The van der Waals surface area contributed by atoms with E-state index in [0.29, 0.717) is 0 Å². The van der Waals surface area contributed by atoms with Crippen molar-refractivity contribution < 1.29 is 4.42 Å². The van der Waals surface area contributed by atoms with E-state index in [1.165, 1.54) is 27.8 Å². The van der Waals surface area contributed by atoms with E-state index < -0.39 is 0 Å². The first-order valence-corrected chi connectivity index (χ1v) is 18.4. The van der Waals surface area contributed by atoms with Crippen molar-refractivity contribution in [3.05, 3.63) is 212 Å². The van der Waals surface area contributed by atoms with Gasteiger partial charge in [-0.25, -0.2) is 0 Å². The minimum absolute atomic E-state index is 0.873. The van der Waals surface area contributed by atoms with Gasteiger partial charge in [0.05, 0.1) is 11.4 Å². The summed E-state index contributed by atoms with van der Waals surface area (Å²) < 4.78 is 6.84. The van der Waals surface area contributed by atoms with E-state index in [1.54, 1.807) is 0 Å². The van der Waals surface area contributed by atoms with E-state index in [0.717, 1.165) is 66.5 Å². The number of hydrogen-bond acceptors (Lipinski definition) is 2. The number of benzene rings is 9. The van der Waals surface area contributed by atoms with Crippen LogP contribution in [0.4, 0.5) is 17.1 Å². The molecule has 0 saturated carbocycles. The third kappa shape index (κ3) is 5.44. The van der Waals surface area contributed by atoms with Crippen molar-refractivity contribution >= 4 is 49.8 Å². The normalized spacial score (nSPS) is 11.3. The van der Waals surface area contributed by atoms with Crippen LogP contribution in [-0.2, 0) is 0 Å². The molecule has 0 aliphatic rings. The van der Waals surface area contributed by atoms with Gasteiger partial charge in [-0.1, -0.05) is 182 Å². The summed E-state index contributed by atoms with van der Waals surface area (Å²) >= 11 is 0. The number of rotatable bonds is 7. The Balaban J connectivity index is 1.23. The lowest BCUT2D eigenvalue weighted by Crippen LogP contribution is -2.11. The molecule has 0 radical (unpaired) electrons. The standard InChI is InChI=1S/C52H35NO/c1-4-17-36(18-5-1)37-31-33-39(34-32-37)42-24-14-15-29-48(42)53(40-21-8-3-9-22-40)49-35-47-51-45(43-25-11-10-23-41(43)38-19-6-2-7-20-38)28-16-30-50(51)54-52(47)46-27-13-12-26-44(46)49/h1-35H. The summed E-state index contributed by atoms with van der Waals surface area (Å²) in [5, 5.41) is 4.39. The molecule has 0 amide bonds. The molecule has 54 heavy (non-hydrogen) atoms. The summed E-state index contributed by atoms with van der Waals surface area (Å²) in [4.78, 5) is 2.42. The van der Waals surface area contributed by atoms with Gasteiger partial charge in [-0.05, 0) is 69.3 Å². The van der Waals surface area contributed by atoms with Crippen LogP contribution in [0.1, 0.15) is 0 Å². The van der Waals surface area contributed by atoms with Gasteiger partial charge in [0.1, 0.15) is 11.2 Å². The summed E-state index contributed by atoms with van der Waals surface area (Å²) in [6.45, 7) is 0. The molecule has 2 heteroatoms. The molecule has 1 aromatic heterocycles. The molecule has 0 fully saturated rings. The summed E-state index contributed by atoms with van der Waals surface area (Å²) in [5.74, 6) is 0. The Bertz CT molecular complexity index is 2910. The minimum Gasteiger partial charge on any atom is -0.455 e. The second-order valence-corrected chi connectivity index (χ2v) is 13.6. The molecular weight excluding hydrogens is 655 g/mol. The molecule has 0 saturated heterocycles. The van der Waals surface area contributed by atoms with Crippen molar-refractivity contribution in [3.8, 4) is 44.5 Å². The fourth-order valence-electron chi connectivity index (χ4n) is 8.00. The number of anilines is 3. The molecule has 0 bridgehead atoms. The lowest BCUT2D eigenvalue weighted by atomic mass is 9.91. The van der Waals surface area contributed by atoms with Gasteiger partial charge in [0.25, 0.3) is 0 Å². The van der Waals surface area contributed by atoms with Crippen LogP contribution in [0.3, 0.4) is 0 Å². The average molecular weight is 690 g/mol. The van der Waals surface area contributed by atoms with Gasteiger partial charge in [0.15, 0.2) is 0 Å². The Kier molecular flexibility index (Phi) is 7.85. The van der Waals surface area contributed by atoms with E-state index in [2.05, 4.69) is 217 Å². The highest BCUT2D eigenvalue weighted by molar-refractivity contribution is 6.23. The predicted octanol–water partition coefficient (Wildman–Crippen LogP) is 14.9. The molecule has 10 rings (SSSR count). The minimum atomic E-state index is 0.873. The number of fused-ring (bicyclic) bond motifs is 5. The Hall–Kier alpha value is -7.16. The van der Waals surface area contributed by atoms with Crippen LogP contribution in [0.2, 0.25) is 0 Å². The lowest BCUT2D eigenvalue weighted by molar-refractivity contribution is 0.673. The average Bonchev–Trinajstić information content (AvgIpc) is 3.64. The fraction of sp³-hybridized carbons (Fsp3) is 0. The second kappa shape index (κ2) is 13.4. The van der Waals surface area contributed by atoms with Gasteiger partial charge < -0.3 is 9.32 Å². The van der Waals surface area contributed by atoms with Crippen LogP contribution >= 0.6 is 0 Å². The maximum atomic E-state index is 6.84. The predicted molar refractivity (Wildman–Crippen MR) is 228 cm³/mol. The van der Waals surface area contributed by atoms with Crippen LogP contribution in [0.25, 0.3) is 77.2 Å². The van der Waals surface area contributed by atoms with Gasteiger partial charge in [-0.15, -0.1) is 0 Å². The van der Waals surface area contributed by atoms with E-state index >= 15 is 0 Å². The summed E-state index contributed by atoms with van der Waals surface area (Å²) in [6.07, 6.45) is 0. The van der Waals surface area contributed by atoms with Crippen molar-refractivity contribution in [1.29, 1.82) is 0 Å². The molecule has 1 heterocycles. The molecule has 9 aromatic carbocycles. The smallest absolute Gasteiger partial charge is 0.143 e. The quantitative estimate of drug-likeness (QED) is 0.166. The fourth-order valence-corrected chi connectivity index (χ4v) is 8.00. The topological polar surface area (TPSA) is 16.4 Å². The highest BCUT2D eigenvalue weighted by Crippen LogP contribution is 2.48. The highest BCUT2D eigenvalue weighted by atomic mass is 16.3. The Morgan fingerprint density at radius 2 is 0.833 bits per heavy atom. The molecule has 0 unspecified atom stereocenters. The molecule has 0 aliphatic heterocycles. The van der Waals surface area contributed by atoms with Crippen LogP contribution in [0, 0.1) is 0 Å². The third-order valence-electron chi connectivity index (χ3n) is 10.5. The number of nitrogens with zero attached hydrogens (tertiary/aromatic N) is 1. The highest BCUT2D eigenvalue weighted by Gasteiger charge is 2.24. The largest absolute Gasteiger partial charge is 0.455 e. The number of hydrogen-bond donors (Lipinski definition) is 0. The van der Waals surface area contributed by atoms with Crippen molar-refractivity contribution in [2.24, 2.45) is 0 Å². The lowest BCUT2D eigenvalue weighted by Gasteiger charge is -2.29. The third-order valence-corrected chi connectivity index (χ3v) is 10.5. The Morgan fingerprint density at radius 3 is 1.57 bits per heavy atom. The van der Waals surface area contributed by atoms with Crippen molar-refractivity contribution in [3.63, 3.8) is 0 Å². The first-order chi connectivity index (χ1) is 26.8. The molecule has 0 aliphatic carbocycles. The first-order valence-electron chi connectivity index (χ1n) is 18.4. The summed E-state index contributed by atoms with van der Waals surface area (Å²) in [6, 6.07) is 75.7. The van der Waals surface area contributed by atoms with Crippen LogP contribution in [0.15, 0.2) is 217 Å². The van der Waals surface area contributed by atoms with Gasteiger partial charge in [0.2, 0.25) is 0 Å². The summed E-state index contributed by atoms with van der Waals surface area (Å²) in [7, 11) is 0. The molecule has 2 nitrogen and oxygen atoms in total. The van der Waals surface area contributed by atoms with Crippen LogP contribution in [-0.4, -0.2) is 0 Å². The molecule has 10 aromatic rings. The van der Waals surface area contributed by atoms with Crippen LogP contribution in [0.5, 0.6) is 0 Å². The molecule has 0 atom stereocenters. The molecule has 0 spiro atoms. The van der Waals surface area contributed by atoms with Gasteiger partial charge in [0, 0.05) is 32.8 Å². The van der Waals surface area contributed by atoms with Crippen LogP contribution < -0.4 is 4.90 Å². The molecule has 0 N–H and O–H groups in total. The van der Waals surface area contributed by atoms with Gasteiger partial charge >= 0.3 is 0 Å².